The van der Waals surface area contributed by atoms with Crippen LogP contribution >= 0.6 is 0 Å². The summed E-state index contributed by atoms with van der Waals surface area (Å²) in [6.07, 6.45) is 4.87. The van der Waals surface area contributed by atoms with Crippen molar-refractivity contribution in [3.05, 3.63) is 61.2 Å². The van der Waals surface area contributed by atoms with Crippen molar-refractivity contribution in [2.24, 2.45) is 0 Å². The number of nitrogens with one attached hydrogen (secondary N) is 1. The molecule has 0 aromatic heterocycles. The van der Waals surface area contributed by atoms with Crippen molar-refractivity contribution >= 4 is 0 Å². The molecule has 1 unspecified atom stereocenters. The van der Waals surface area contributed by atoms with E-state index in [0.29, 0.717) is 5.92 Å². The molecule has 1 N–H and O–H groups in total. The summed E-state index contributed by atoms with van der Waals surface area (Å²) in [6, 6.07) is 10.6. The molecule has 0 heterocycles. The van der Waals surface area contributed by atoms with Crippen LogP contribution in [0.25, 0.3) is 0 Å². The molecular weight excluding hydrogens is 182 g/mol. The second-order valence-electron chi connectivity index (χ2n) is 3.58. The molecule has 1 nitrogen and oxygen atoms in total. The molecule has 0 amide bonds. The minimum Gasteiger partial charge on any atom is -0.313 e. The number of hydrogen-bond acceptors (Lipinski definition) is 1. The molecule has 1 rings (SSSR count). The number of rotatable bonds is 7. The molecule has 1 atom stereocenters. The number of hydrogen-bond donors (Lipinski definition) is 1. The molecule has 0 fully saturated rings. The zero-order valence-corrected chi connectivity index (χ0v) is 9.15. The maximum absolute atomic E-state index is 3.81. The van der Waals surface area contributed by atoms with E-state index in [2.05, 4.69) is 42.7 Å². The van der Waals surface area contributed by atoms with Gasteiger partial charge in [0.15, 0.2) is 0 Å². The van der Waals surface area contributed by atoms with Gasteiger partial charge in [0, 0.05) is 13.1 Å². The molecule has 1 heteroatoms. The summed E-state index contributed by atoms with van der Waals surface area (Å²) in [4.78, 5) is 0. The van der Waals surface area contributed by atoms with E-state index < -0.39 is 0 Å². The van der Waals surface area contributed by atoms with Crippen LogP contribution in [0.15, 0.2) is 55.6 Å². The lowest BCUT2D eigenvalue weighted by atomic mass is 9.96. The fraction of sp³-hybridized carbons (Fsp3) is 0.286. The third-order valence-electron chi connectivity index (χ3n) is 2.40. The van der Waals surface area contributed by atoms with E-state index in [1.165, 1.54) is 5.56 Å². The summed E-state index contributed by atoms with van der Waals surface area (Å²) in [5, 5.41) is 3.35. The van der Waals surface area contributed by atoms with Crippen molar-refractivity contribution in [1.82, 2.24) is 5.32 Å². The first kappa shape index (κ1) is 11.7. The van der Waals surface area contributed by atoms with Crippen LogP contribution in [-0.2, 0) is 0 Å². The first-order valence-corrected chi connectivity index (χ1v) is 5.36. The molecule has 0 radical (unpaired) electrons. The topological polar surface area (TPSA) is 12.0 Å². The molecule has 0 aliphatic heterocycles. The van der Waals surface area contributed by atoms with Crippen LogP contribution in [-0.4, -0.2) is 13.1 Å². The Bertz CT molecular complexity index is 289. The highest BCUT2D eigenvalue weighted by Gasteiger charge is 2.07. The van der Waals surface area contributed by atoms with E-state index in [9.17, 15) is 0 Å². The minimum absolute atomic E-state index is 0.517. The zero-order valence-electron chi connectivity index (χ0n) is 9.15. The van der Waals surface area contributed by atoms with Crippen molar-refractivity contribution in [1.29, 1.82) is 0 Å². The fourth-order valence-corrected chi connectivity index (χ4v) is 1.62. The van der Waals surface area contributed by atoms with Crippen LogP contribution in [0.5, 0.6) is 0 Å². The van der Waals surface area contributed by atoms with Crippen LogP contribution in [0, 0.1) is 0 Å². The Morgan fingerprint density at radius 3 is 2.47 bits per heavy atom. The van der Waals surface area contributed by atoms with Crippen molar-refractivity contribution in [2.75, 3.05) is 13.1 Å². The third-order valence-corrected chi connectivity index (χ3v) is 2.40. The summed E-state index contributed by atoms with van der Waals surface area (Å²) >= 11 is 0. The van der Waals surface area contributed by atoms with Crippen molar-refractivity contribution in [3.8, 4) is 0 Å². The molecule has 0 saturated heterocycles. The molecule has 0 bridgehead atoms. The molecule has 0 aliphatic carbocycles. The second-order valence-corrected chi connectivity index (χ2v) is 3.58. The predicted octanol–water partition coefficient (Wildman–Crippen LogP) is 3.12. The maximum atomic E-state index is 3.81. The normalized spacial score (nSPS) is 12.0. The first-order chi connectivity index (χ1) is 7.38. The van der Waals surface area contributed by atoms with Gasteiger partial charge in [-0.1, -0.05) is 42.5 Å². The lowest BCUT2D eigenvalue weighted by Gasteiger charge is -2.15. The average molecular weight is 201 g/mol. The van der Waals surface area contributed by atoms with Crippen LogP contribution in [0.4, 0.5) is 0 Å². The maximum Gasteiger partial charge on any atom is 0.0132 e. The van der Waals surface area contributed by atoms with E-state index in [4.69, 9.17) is 0 Å². The SMILES string of the molecule is C=CCNCC(CC=C)c1ccccc1. The molecule has 0 spiro atoms. The van der Waals surface area contributed by atoms with Crippen molar-refractivity contribution in [2.45, 2.75) is 12.3 Å². The van der Waals surface area contributed by atoms with Gasteiger partial charge in [0.2, 0.25) is 0 Å². The molecule has 80 valence electrons. The standard InChI is InChI=1S/C14H19N/c1-3-8-14(12-15-11-4-2)13-9-6-5-7-10-13/h3-7,9-10,14-15H,1-2,8,11-12H2. The van der Waals surface area contributed by atoms with Gasteiger partial charge >= 0.3 is 0 Å². The van der Waals surface area contributed by atoms with E-state index in [-0.39, 0.29) is 0 Å². The van der Waals surface area contributed by atoms with Crippen LogP contribution in [0.1, 0.15) is 17.9 Å². The van der Waals surface area contributed by atoms with Gasteiger partial charge in [0.25, 0.3) is 0 Å². The Morgan fingerprint density at radius 1 is 1.13 bits per heavy atom. The van der Waals surface area contributed by atoms with Gasteiger partial charge in [-0.15, -0.1) is 13.2 Å². The summed E-state index contributed by atoms with van der Waals surface area (Å²) in [5.41, 5.74) is 1.37. The van der Waals surface area contributed by atoms with Crippen molar-refractivity contribution < 1.29 is 0 Å². The number of allylic oxidation sites excluding steroid dienone is 1. The molecule has 0 saturated carbocycles. The second kappa shape index (κ2) is 7.02. The highest BCUT2D eigenvalue weighted by atomic mass is 14.8. The van der Waals surface area contributed by atoms with E-state index in [0.717, 1.165) is 19.5 Å². The molecule has 15 heavy (non-hydrogen) atoms. The fourth-order valence-electron chi connectivity index (χ4n) is 1.62. The molecule has 0 aliphatic rings. The highest BCUT2D eigenvalue weighted by Crippen LogP contribution is 2.18. The molecule has 1 aromatic carbocycles. The lowest BCUT2D eigenvalue weighted by Crippen LogP contribution is -2.21. The van der Waals surface area contributed by atoms with E-state index in [1.807, 2.05) is 18.2 Å². The van der Waals surface area contributed by atoms with Gasteiger partial charge in [0.05, 0.1) is 0 Å². The Balaban J connectivity index is 2.57. The Kier molecular flexibility index (Phi) is 5.49. The summed E-state index contributed by atoms with van der Waals surface area (Å²) in [5.74, 6) is 0.517. The van der Waals surface area contributed by atoms with Gasteiger partial charge in [0.1, 0.15) is 0 Å². The van der Waals surface area contributed by atoms with Crippen LogP contribution in [0.2, 0.25) is 0 Å². The Labute approximate surface area is 92.5 Å². The van der Waals surface area contributed by atoms with E-state index in [1.54, 1.807) is 0 Å². The van der Waals surface area contributed by atoms with Crippen LogP contribution < -0.4 is 5.32 Å². The van der Waals surface area contributed by atoms with E-state index >= 15 is 0 Å². The lowest BCUT2D eigenvalue weighted by molar-refractivity contribution is 0.616. The zero-order chi connectivity index (χ0) is 10.9. The minimum atomic E-state index is 0.517. The van der Waals surface area contributed by atoms with Crippen molar-refractivity contribution in [3.63, 3.8) is 0 Å². The van der Waals surface area contributed by atoms with Gasteiger partial charge in [-0.25, -0.2) is 0 Å². The quantitative estimate of drug-likeness (QED) is 0.528. The predicted molar refractivity (Wildman–Crippen MR) is 67.1 cm³/mol. The summed E-state index contributed by atoms with van der Waals surface area (Å²) in [6.45, 7) is 9.34. The summed E-state index contributed by atoms with van der Waals surface area (Å²) in [7, 11) is 0. The monoisotopic (exact) mass is 201 g/mol. The average Bonchev–Trinajstić information content (AvgIpc) is 2.29. The highest BCUT2D eigenvalue weighted by molar-refractivity contribution is 5.20. The third kappa shape index (κ3) is 4.13. The Morgan fingerprint density at radius 2 is 1.87 bits per heavy atom. The Hall–Kier alpha value is -1.34. The van der Waals surface area contributed by atoms with Gasteiger partial charge in [-0.2, -0.15) is 0 Å². The van der Waals surface area contributed by atoms with Crippen LogP contribution in [0.3, 0.4) is 0 Å². The molecular formula is C14H19N. The van der Waals surface area contributed by atoms with Gasteiger partial charge < -0.3 is 5.32 Å². The first-order valence-electron chi connectivity index (χ1n) is 5.36. The largest absolute Gasteiger partial charge is 0.313 e. The van der Waals surface area contributed by atoms with Gasteiger partial charge in [-0.3, -0.25) is 0 Å². The number of benzene rings is 1. The molecule has 1 aromatic rings. The summed E-state index contributed by atoms with van der Waals surface area (Å²) < 4.78 is 0. The van der Waals surface area contributed by atoms with Gasteiger partial charge in [-0.05, 0) is 17.9 Å². The smallest absolute Gasteiger partial charge is 0.0132 e.